The van der Waals surface area contributed by atoms with Crippen molar-refractivity contribution in [1.82, 2.24) is 0 Å². The number of rotatable bonds is 7. The lowest BCUT2D eigenvalue weighted by Gasteiger charge is -2.17. The molecule has 0 unspecified atom stereocenters. The average molecular weight is 474 g/mol. The van der Waals surface area contributed by atoms with Crippen LogP contribution in [0.3, 0.4) is 0 Å². The van der Waals surface area contributed by atoms with Gasteiger partial charge in [0.15, 0.2) is 6.61 Å². The smallest absolute Gasteiger partial charge is 0.262 e. The topological polar surface area (TPSA) is 102 Å². The molecule has 1 aliphatic rings. The van der Waals surface area contributed by atoms with Crippen molar-refractivity contribution in [2.75, 3.05) is 23.4 Å². The van der Waals surface area contributed by atoms with E-state index in [1.54, 1.807) is 24.3 Å². The lowest BCUT2D eigenvalue weighted by molar-refractivity contribution is -0.123. The van der Waals surface area contributed by atoms with E-state index >= 15 is 0 Å². The molecule has 2 aromatic rings. The van der Waals surface area contributed by atoms with Crippen LogP contribution < -0.4 is 20.7 Å². The molecule has 1 fully saturated rings. The maximum absolute atomic E-state index is 12.4. The van der Waals surface area contributed by atoms with Crippen LogP contribution in [0.1, 0.15) is 24.5 Å². The summed E-state index contributed by atoms with van der Waals surface area (Å²) >= 11 is 3.47. The van der Waals surface area contributed by atoms with Crippen LogP contribution in [0.5, 0.6) is 5.75 Å². The number of ether oxygens (including phenoxy) is 1. The fraction of sp³-hybridized carbons (Fsp3) is 0.318. The highest BCUT2D eigenvalue weighted by atomic mass is 79.9. The van der Waals surface area contributed by atoms with Crippen LogP contribution in [-0.4, -0.2) is 30.9 Å². The summed E-state index contributed by atoms with van der Waals surface area (Å²) in [4.78, 5) is 37.3. The monoisotopic (exact) mass is 473 g/mol. The molecule has 7 nitrogen and oxygen atoms in total. The van der Waals surface area contributed by atoms with Crippen LogP contribution in [0, 0.1) is 12.8 Å². The molecule has 158 valence electrons. The zero-order valence-corrected chi connectivity index (χ0v) is 18.5. The fourth-order valence-electron chi connectivity index (χ4n) is 3.46. The Morgan fingerprint density at radius 2 is 1.97 bits per heavy atom. The van der Waals surface area contributed by atoms with E-state index in [0.717, 1.165) is 27.7 Å². The minimum atomic E-state index is -0.468. The van der Waals surface area contributed by atoms with Gasteiger partial charge in [0.1, 0.15) is 5.75 Å². The number of nitrogens with one attached hydrogen (secondary N) is 1. The third kappa shape index (κ3) is 4.99. The van der Waals surface area contributed by atoms with Crippen molar-refractivity contribution in [2.24, 2.45) is 11.7 Å². The van der Waals surface area contributed by atoms with Crippen LogP contribution in [0.15, 0.2) is 40.9 Å². The number of anilines is 2. The predicted molar refractivity (Wildman–Crippen MR) is 118 cm³/mol. The number of hydrogen-bond donors (Lipinski definition) is 2. The molecule has 0 bridgehead atoms. The fourth-order valence-corrected chi connectivity index (χ4v) is 4.08. The minimum Gasteiger partial charge on any atom is -0.484 e. The van der Waals surface area contributed by atoms with Gasteiger partial charge in [-0.3, -0.25) is 14.4 Å². The van der Waals surface area contributed by atoms with E-state index in [0.29, 0.717) is 11.4 Å². The molecule has 1 atom stereocenters. The molecule has 2 aromatic carbocycles. The van der Waals surface area contributed by atoms with Crippen molar-refractivity contribution >= 4 is 45.0 Å². The lowest BCUT2D eigenvalue weighted by atomic mass is 10.1. The number of nitrogens with zero attached hydrogens (tertiary/aromatic N) is 1. The van der Waals surface area contributed by atoms with E-state index in [1.165, 1.54) is 4.90 Å². The van der Waals surface area contributed by atoms with E-state index in [9.17, 15) is 14.4 Å². The van der Waals surface area contributed by atoms with E-state index in [-0.39, 0.29) is 31.4 Å². The second-order valence-electron chi connectivity index (χ2n) is 7.25. The molecule has 3 N–H and O–H groups in total. The number of nitrogens with two attached hydrogens (primary N) is 1. The molecule has 0 saturated carbocycles. The number of benzene rings is 2. The minimum absolute atomic E-state index is 0.128. The third-order valence-electron chi connectivity index (χ3n) is 5.07. The van der Waals surface area contributed by atoms with Crippen molar-refractivity contribution < 1.29 is 19.1 Å². The van der Waals surface area contributed by atoms with Crippen LogP contribution >= 0.6 is 15.9 Å². The summed E-state index contributed by atoms with van der Waals surface area (Å²) in [6, 6.07) is 10.8. The Balaban J connectivity index is 1.59. The summed E-state index contributed by atoms with van der Waals surface area (Å²) in [5.41, 5.74) is 8.80. The van der Waals surface area contributed by atoms with E-state index in [4.69, 9.17) is 10.5 Å². The molecule has 8 heteroatoms. The highest BCUT2D eigenvalue weighted by molar-refractivity contribution is 9.10. The molecule has 1 aliphatic heterocycles. The van der Waals surface area contributed by atoms with Gasteiger partial charge in [-0.1, -0.05) is 22.9 Å². The van der Waals surface area contributed by atoms with Crippen LogP contribution in [0.25, 0.3) is 0 Å². The highest BCUT2D eigenvalue weighted by Crippen LogP contribution is 2.28. The average Bonchev–Trinajstić information content (AvgIpc) is 3.10. The standard InChI is InChI=1S/C22H24BrN3O4/c1-3-14-9-16(23)8-13(2)21(14)25-19(27)12-30-18-6-4-17(5-7-18)26-11-15(22(24)29)10-20(26)28/h4-9,15H,3,10-12H2,1-2H3,(H2,24,29)(H,25,27)/t15-/m1/s1. The van der Waals surface area contributed by atoms with Crippen LogP contribution in [0.2, 0.25) is 0 Å². The molecule has 0 aromatic heterocycles. The summed E-state index contributed by atoms with van der Waals surface area (Å²) in [5, 5.41) is 2.92. The Hall–Kier alpha value is -2.87. The second-order valence-corrected chi connectivity index (χ2v) is 8.16. The molecule has 0 aliphatic carbocycles. The van der Waals surface area contributed by atoms with Crippen molar-refractivity contribution in [3.63, 3.8) is 0 Å². The number of carbonyl (C=O) groups is 3. The van der Waals surface area contributed by atoms with Gasteiger partial charge in [0.2, 0.25) is 11.8 Å². The highest BCUT2D eigenvalue weighted by Gasteiger charge is 2.33. The summed E-state index contributed by atoms with van der Waals surface area (Å²) in [5.74, 6) is -0.812. The summed E-state index contributed by atoms with van der Waals surface area (Å²) in [7, 11) is 0. The number of aryl methyl sites for hydroxylation is 2. The molecular formula is C22H24BrN3O4. The Bertz CT molecular complexity index is 975. The zero-order valence-electron chi connectivity index (χ0n) is 16.9. The van der Waals surface area contributed by atoms with Gasteiger partial charge in [0, 0.05) is 28.8 Å². The Morgan fingerprint density at radius 3 is 2.57 bits per heavy atom. The first-order valence-corrected chi connectivity index (χ1v) is 10.5. The van der Waals surface area contributed by atoms with Gasteiger partial charge in [-0.2, -0.15) is 0 Å². The molecular weight excluding hydrogens is 450 g/mol. The van der Waals surface area contributed by atoms with E-state index < -0.39 is 11.8 Å². The van der Waals surface area contributed by atoms with Gasteiger partial charge in [-0.15, -0.1) is 0 Å². The molecule has 30 heavy (non-hydrogen) atoms. The zero-order chi connectivity index (χ0) is 21.8. The molecule has 1 heterocycles. The number of primary amides is 1. The first-order valence-electron chi connectivity index (χ1n) is 9.70. The van der Waals surface area contributed by atoms with Crippen molar-refractivity contribution in [2.45, 2.75) is 26.7 Å². The van der Waals surface area contributed by atoms with Gasteiger partial charge < -0.3 is 20.7 Å². The first-order chi connectivity index (χ1) is 14.3. The Morgan fingerprint density at radius 1 is 1.27 bits per heavy atom. The van der Waals surface area contributed by atoms with Crippen molar-refractivity contribution in [3.8, 4) is 5.75 Å². The maximum Gasteiger partial charge on any atom is 0.262 e. The number of hydrogen-bond acceptors (Lipinski definition) is 4. The molecule has 0 spiro atoms. The van der Waals surface area contributed by atoms with Gasteiger partial charge in [0.05, 0.1) is 5.92 Å². The lowest BCUT2D eigenvalue weighted by Crippen LogP contribution is -2.28. The largest absolute Gasteiger partial charge is 0.484 e. The molecule has 3 rings (SSSR count). The van der Waals surface area contributed by atoms with Gasteiger partial charge in [-0.25, -0.2) is 0 Å². The molecule has 1 saturated heterocycles. The number of amides is 3. The van der Waals surface area contributed by atoms with Gasteiger partial charge in [0.25, 0.3) is 5.91 Å². The second kappa shape index (κ2) is 9.30. The predicted octanol–water partition coefficient (Wildman–Crippen LogP) is 3.18. The SMILES string of the molecule is CCc1cc(Br)cc(C)c1NC(=O)COc1ccc(N2C[C@H](C(N)=O)CC2=O)cc1. The number of halogens is 1. The Kier molecular flexibility index (Phi) is 6.77. The van der Waals surface area contributed by atoms with Crippen molar-refractivity contribution in [1.29, 1.82) is 0 Å². The maximum atomic E-state index is 12.4. The summed E-state index contributed by atoms with van der Waals surface area (Å²) in [6.45, 7) is 4.13. The first kappa shape index (κ1) is 21.8. The van der Waals surface area contributed by atoms with Crippen molar-refractivity contribution in [3.05, 3.63) is 52.0 Å². The van der Waals surface area contributed by atoms with E-state index in [2.05, 4.69) is 21.2 Å². The quantitative estimate of drug-likeness (QED) is 0.644. The van der Waals surface area contributed by atoms with E-state index in [1.807, 2.05) is 26.0 Å². The molecule has 3 amide bonds. The van der Waals surface area contributed by atoms with Gasteiger partial charge >= 0.3 is 0 Å². The normalized spacial score (nSPS) is 15.9. The molecule has 0 radical (unpaired) electrons. The third-order valence-corrected chi connectivity index (χ3v) is 5.53. The Labute approximate surface area is 183 Å². The van der Waals surface area contributed by atoms with Crippen LogP contribution in [-0.2, 0) is 20.8 Å². The van der Waals surface area contributed by atoms with Crippen LogP contribution in [0.4, 0.5) is 11.4 Å². The summed E-state index contributed by atoms with van der Waals surface area (Å²) in [6.07, 6.45) is 0.924. The number of carbonyl (C=O) groups excluding carboxylic acids is 3. The van der Waals surface area contributed by atoms with Gasteiger partial charge in [-0.05, 0) is 60.9 Å². The summed E-state index contributed by atoms with van der Waals surface area (Å²) < 4.78 is 6.56.